The second kappa shape index (κ2) is 8.37. The van der Waals surface area contributed by atoms with Gasteiger partial charge in [-0.25, -0.2) is 4.79 Å². The van der Waals surface area contributed by atoms with Crippen LogP contribution in [0.1, 0.15) is 51.1 Å². The van der Waals surface area contributed by atoms with Crippen molar-refractivity contribution in [3.05, 3.63) is 104 Å². The molecule has 1 aliphatic heterocycles. The maximum absolute atomic E-state index is 13.4. The van der Waals surface area contributed by atoms with Crippen LogP contribution in [0.15, 0.2) is 69.9 Å². The number of carbonyl (C=O) groups is 1. The Labute approximate surface area is 197 Å². The highest BCUT2D eigenvalue weighted by atomic mass is 16.4. The molecule has 2 N–H and O–H groups in total. The fourth-order valence-electron chi connectivity index (χ4n) is 4.76. The minimum absolute atomic E-state index is 0.0460. The van der Waals surface area contributed by atoms with Gasteiger partial charge in [0.15, 0.2) is 5.43 Å². The Kier molecular flexibility index (Phi) is 5.36. The van der Waals surface area contributed by atoms with E-state index in [1.807, 2.05) is 45.0 Å². The fourth-order valence-corrected chi connectivity index (χ4v) is 4.76. The number of para-hydroxylation sites is 1. The van der Waals surface area contributed by atoms with Crippen molar-refractivity contribution in [1.29, 1.82) is 0 Å². The second-order valence-electron chi connectivity index (χ2n) is 8.93. The summed E-state index contributed by atoms with van der Waals surface area (Å²) in [5.74, 6) is -0.417. The molecule has 1 atom stereocenters. The highest BCUT2D eigenvalue weighted by molar-refractivity contribution is 5.94. The Balaban J connectivity index is 1.60. The van der Waals surface area contributed by atoms with Gasteiger partial charge in [-0.2, -0.15) is 0 Å². The molecule has 0 saturated heterocycles. The summed E-state index contributed by atoms with van der Waals surface area (Å²) < 4.78 is 6.48. The van der Waals surface area contributed by atoms with E-state index in [1.54, 1.807) is 24.3 Å². The van der Waals surface area contributed by atoms with Crippen LogP contribution in [-0.4, -0.2) is 11.1 Å². The number of carboxylic acid groups (broad SMARTS) is 1. The molecule has 5 rings (SSSR count). The van der Waals surface area contributed by atoms with Gasteiger partial charge in [0.05, 0.1) is 22.6 Å². The van der Waals surface area contributed by atoms with E-state index in [9.17, 15) is 14.7 Å². The average Bonchev–Trinajstić information content (AvgIpc) is 3.25. The van der Waals surface area contributed by atoms with Crippen molar-refractivity contribution >= 4 is 28.5 Å². The Morgan fingerprint density at radius 2 is 1.68 bits per heavy atom. The summed E-state index contributed by atoms with van der Waals surface area (Å²) in [7, 11) is 0. The van der Waals surface area contributed by atoms with E-state index in [-0.39, 0.29) is 17.0 Å². The molecule has 0 fully saturated rings. The third-order valence-corrected chi connectivity index (χ3v) is 6.49. The first-order valence-electron chi connectivity index (χ1n) is 11.3. The molecule has 0 radical (unpaired) electrons. The van der Waals surface area contributed by atoms with Crippen LogP contribution in [0.2, 0.25) is 0 Å². The molecule has 172 valence electrons. The summed E-state index contributed by atoms with van der Waals surface area (Å²) in [6, 6.07) is 18.6. The van der Waals surface area contributed by atoms with Crippen molar-refractivity contribution in [2.24, 2.45) is 0 Å². The van der Waals surface area contributed by atoms with Crippen molar-refractivity contribution in [2.45, 2.75) is 39.9 Å². The van der Waals surface area contributed by atoms with E-state index < -0.39 is 5.97 Å². The van der Waals surface area contributed by atoms with E-state index in [0.29, 0.717) is 41.2 Å². The quantitative estimate of drug-likeness (QED) is 0.396. The summed E-state index contributed by atoms with van der Waals surface area (Å²) >= 11 is 0. The minimum Gasteiger partial charge on any atom is -0.478 e. The van der Waals surface area contributed by atoms with Gasteiger partial charge in [0, 0.05) is 24.3 Å². The molecule has 0 aliphatic carbocycles. The number of carboxylic acids is 1. The predicted molar refractivity (Wildman–Crippen MR) is 134 cm³/mol. The lowest BCUT2D eigenvalue weighted by Gasteiger charge is -2.22. The smallest absolute Gasteiger partial charge is 0.337 e. The normalized spacial score (nSPS) is 13.7. The molecular weight excluding hydrogens is 428 g/mol. The molecule has 1 aliphatic rings. The molecular formula is C28H26N2O4. The first kappa shape index (κ1) is 21.8. The zero-order chi connectivity index (χ0) is 24.0. The van der Waals surface area contributed by atoms with Crippen molar-refractivity contribution in [1.82, 2.24) is 0 Å². The SMILES string of the molecule is Cc1cc(C(C)Nc2ccccc2C(=O)O)c2oc(N3Cc4ccccc4C3)c(C)c(=O)c2c1. The van der Waals surface area contributed by atoms with Crippen molar-refractivity contribution in [3.63, 3.8) is 0 Å². The van der Waals surface area contributed by atoms with Crippen LogP contribution in [0, 0.1) is 13.8 Å². The molecule has 4 aromatic rings. The number of hydrogen-bond acceptors (Lipinski definition) is 5. The predicted octanol–water partition coefficient (Wildman–Crippen LogP) is 5.80. The lowest BCUT2D eigenvalue weighted by Crippen LogP contribution is -2.20. The van der Waals surface area contributed by atoms with E-state index >= 15 is 0 Å². The second-order valence-corrected chi connectivity index (χ2v) is 8.93. The maximum atomic E-state index is 13.4. The lowest BCUT2D eigenvalue weighted by molar-refractivity contribution is 0.0698. The van der Waals surface area contributed by atoms with Gasteiger partial charge in [-0.3, -0.25) is 4.79 Å². The van der Waals surface area contributed by atoms with Crippen LogP contribution in [0.4, 0.5) is 11.6 Å². The largest absolute Gasteiger partial charge is 0.478 e. The molecule has 0 amide bonds. The Morgan fingerprint density at radius 1 is 1.03 bits per heavy atom. The molecule has 2 heterocycles. The van der Waals surface area contributed by atoms with Crippen molar-refractivity contribution in [3.8, 4) is 0 Å². The van der Waals surface area contributed by atoms with E-state index in [1.165, 1.54) is 11.1 Å². The molecule has 1 unspecified atom stereocenters. The van der Waals surface area contributed by atoms with Crippen LogP contribution in [-0.2, 0) is 13.1 Å². The zero-order valence-corrected chi connectivity index (χ0v) is 19.4. The van der Waals surface area contributed by atoms with Gasteiger partial charge in [0.25, 0.3) is 0 Å². The summed E-state index contributed by atoms with van der Waals surface area (Å²) in [5, 5.41) is 13.4. The number of aromatic carboxylic acids is 1. The highest BCUT2D eigenvalue weighted by Gasteiger charge is 2.25. The van der Waals surface area contributed by atoms with Gasteiger partial charge < -0.3 is 19.7 Å². The van der Waals surface area contributed by atoms with Gasteiger partial charge in [-0.05, 0) is 55.7 Å². The number of aryl methyl sites for hydroxylation is 1. The monoisotopic (exact) mass is 454 g/mol. The number of anilines is 2. The lowest BCUT2D eigenvalue weighted by atomic mass is 10.00. The highest BCUT2D eigenvalue weighted by Crippen LogP contribution is 2.35. The fraction of sp³-hybridized carbons (Fsp3) is 0.214. The molecule has 6 nitrogen and oxygen atoms in total. The number of fused-ring (bicyclic) bond motifs is 2. The third-order valence-electron chi connectivity index (χ3n) is 6.49. The Hall–Kier alpha value is -4.06. The van der Waals surface area contributed by atoms with Gasteiger partial charge in [-0.15, -0.1) is 0 Å². The van der Waals surface area contributed by atoms with Crippen LogP contribution in [0.5, 0.6) is 0 Å². The van der Waals surface area contributed by atoms with Crippen LogP contribution >= 0.6 is 0 Å². The van der Waals surface area contributed by atoms with Crippen LogP contribution < -0.4 is 15.6 Å². The maximum Gasteiger partial charge on any atom is 0.337 e. The standard InChI is InChI=1S/C28H26N2O4/c1-16-12-22(18(3)29-24-11-7-6-10-21(24)28(32)33)26-23(13-16)25(31)17(2)27(34-26)30-14-19-8-4-5-9-20(19)15-30/h4-13,18,29H,14-15H2,1-3H3,(H,32,33). The number of rotatable bonds is 5. The molecule has 0 spiro atoms. The molecule has 6 heteroatoms. The van der Waals surface area contributed by atoms with Crippen molar-refractivity contribution in [2.75, 3.05) is 10.2 Å². The molecule has 34 heavy (non-hydrogen) atoms. The molecule has 1 aromatic heterocycles. The van der Waals surface area contributed by atoms with Gasteiger partial charge in [-0.1, -0.05) is 42.5 Å². The van der Waals surface area contributed by atoms with E-state index in [4.69, 9.17) is 4.42 Å². The minimum atomic E-state index is -0.998. The van der Waals surface area contributed by atoms with Gasteiger partial charge in [0.1, 0.15) is 5.58 Å². The summed E-state index contributed by atoms with van der Waals surface area (Å²) in [6.07, 6.45) is 0. The number of nitrogens with one attached hydrogen (secondary N) is 1. The number of hydrogen-bond donors (Lipinski definition) is 2. The average molecular weight is 455 g/mol. The van der Waals surface area contributed by atoms with E-state index in [2.05, 4.69) is 22.3 Å². The molecule has 3 aromatic carbocycles. The first-order chi connectivity index (χ1) is 16.3. The van der Waals surface area contributed by atoms with Crippen LogP contribution in [0.25, 0.3) is 11.0 Å². The van der Waals surface area contributed by atoms with Crippen molar-refractivity contribution < 1.29 is 14.3 Å². The first-order valence-corrected chi connectivity index (χ1v) is 11.3. The number of nitrogens with zero attached hydrogens (tertiary/aromatic N) is 1. The summed E-state index contributed by atoms with van der Waals surface area (Å²) in [4.78, 5) is 27.2. The summed E-state index contributed by atoms with van der Waals surface area (Å²) in [6.45, 7) is 7.08. The third kappa shape index (κ3) is 3.71. The Morgan fingerprint density at radius 3 is 2.35 bits per heavy atom. The zero-order valence-electron chi connectivity index (χ0n) is 19.4. The van der Waals surface area contributed by atoms with E-state index in [0.717, 1.165) is 11.1 Å². The summed E-state index contributed by atoms with van der Waals surface area (Å²) in [5.41, 5.74) is 5.99. The topological polar surface area (TPSA) is 82.8 Å². The molecule has 0 saturated carbocycles. The van der Waals surface area contributed by atoms with Gasteiger partial charge >= 0.3 is 5.97 Å². The molecule has 0 bridgehead atoms. The van der Waals surface area contributed by atoms with Gasteiger partial charge in [0.2, 0.25) is 5.88 Å². The van der Waals surface area contributed by atoms with Crippen LogP contribution in [0.3, 0.4) is 0 Å². The number of benzene rings is 3. The Bertz CT molecular complexity index is 1460.